The van der Waals surface area contributed by atoms with Crippen LogP contribution in [0.2, 0.25) is 0 Å². The zero-order valence-corrected chi connectivity index (χ0v) is 12.4. The molecule has 1 aliphatic rings. The minimum Gasteiger partial charge on any atom is -0.496 e. The average molecular weight is 318 g/mol. The molecule has 1 aliphatic heterocycles. The predicted molar refractivity (Wildman–Crippen MR) is 73.3 cm³/mol. The van der Waals surface area contributed by atoms with Crippen molar-refractivity contribution >= 4 is 33.2 Å². The van der Waals surface area contributed by atoms with Gasteiger partial charge in [0.1, 0.15) is 5.75 Å². The molecule has 1 amide bonds. The quantitative estimate of drug-likeness (QED) is 0.785. The van der Waals surface area contributed by atoms with E-state index in [9.17, 15) is 4.79 Å². The minimum atomic E-state index is 0.129. The van der Waals surface area contributed by atoms with E-state index in [0.29, 0.717) is 10.7 Å². The fourth-order valence-corrected chi connectivity index (χ4v) is 3.19. The Morgan fingerprint density at radius 2 is 2.41 bits per heavy atom. The first-order valence-electron chi connectivity index (χ1n) is 5.67. The third kappa shape index (κ3) is 2.83. The Morgan fingerprint density at radius 3 is 3.00 bits per heavy atom. The van der Waals surface area contributed by atoms with Crippen LogP contribution in [-0.4, -0.2) is 35.8 Å². The van der Waals surface area contributed by atoms with Crippen molar-refractivity contribution in [2.45, 2.75) is 18.2 Å². The summed E-state index contributed by atoms with van der Waals surface area (Å²) in [5, 5.41) is 1.87. The Labute approximate surface area is 114 Å². The normalized spacial score (nSPS) is 24.8. The van der Waals surface area contributed by atoms with Crippen LogP contribution in [0, 0.1) is 5.92 Å². The number of nitrogens with zero attached hydrogens (tertiary/aromatic N) is 1. The monoisotopic (exact) mass is 317 g/mol. The molecule has 17 heavy (non-hydrogen) atoms. The van der Waals surface area contributed by atoms with Gasteiger partial charge in [-0.3, -0.25) is 4.79 Å². The van der Waals surface area contributed by atoms with Gasteiger partial charge in [0.15, 0.2) is 0 Å². The van der Waals surface area contributed by atoms with Gasteiger partial charge in [-0.15, -0.1) is 11.3 Å². The molecule has 0 aromatic carbocycles. The Hall–Kier alpha value is -0.550. The van der Waals surface area contributed by atoms with E-state index in [2.05, 4.69) is 22.9 Å². The van der Waals surface area contributed by atoms with Gasteiger partial charge in [-0.2, -0.15) is 0 Å². The van der Waals surface area contributed by atoms with Gasteiger partial charge in [0.2, 0.25) is 0 Å². The summed E-state index contributed by atoms with van der Waals surface area (Å²) in [6.07, 6.45) is 1.02. The van der Waals surface area contributed by atoms with Crippen molar-refractivity contribution in [3.63, 3.8) is 0 Å². The third-order valence-electron chi connectivity index (χ3n) is 3.11. The van der Waals surface area contributed by atoms with E-state index in [-0.39, 0.29) is 5.91 Å². The number of hydrogen-bond acceptors (Lipinski definition) is 3. The van der Waals surface area contributed by atoms with Gasteiger partial charge in [-0.05, 0) is 12.3 Å². The summed E-state index contributed by atoms with van der Waals surface area (Å²) in [7, 11) is 1.62. The number of carbonyl (C=O) groups is 1. The van der Waals surface area contributed by atoms with Crippen molar-refractivity contribution in [2.24, 2.45) is 5.92 Å². The fourth-order valence-electron chi connectivity index (χ4n) is 2.00. The maximum Gasteiger partial charge on any atom is 0.264 e. The number of likely N-dealkylation sites (tertiary alicyclic amines) is 1. The van der Waals surface area contributed by atoms with Crippen LogP contribution in [0.1, 0.15) is 23.0 Å². The number of alkyl halides is 1. The molecule has 2 atom stereocenters. The van der Waals surface area contributed by atoms with Crippen LogP contribution in [0.15, 0.2) is 11.4 Å². The molecule has 1 fully saturated rings. The molecular weight excluding hydrogens is 302 g/mol. The lowest BCUT2D eigenvalue weighted by Gasteiger charge is -2.34. The van der Waals surface area contributed by atoms with Crippen LogP contribution in [0.4, 0.5) is 0 Å². The number of hydrogen-bond donors (Lipinski definition) is 0. The van der Waals surface area contributed by atoms with Gasteiger partial charge in [0.05, 0.1) is 12.0 Å². The van der Waals surface area contributed by atoms with Gasteiger partial charge < -0.3 is 9.64 Å². The molecule has 2 unspecified atom stereocenters. The molecule has 2 rings (SSSR count). The molecule has 1 aromatic heterocycles. The van der Waals surface area contributed by atoms with Crippen molar-refractivity contribution in [1.82, 2.24) is 4.90 Å². The van der Waals surface area contributed by atoms with Crippen molar-refractivity contribution < 1.29 is 9.53 Å². The highest BCUT2D eigenvalue weighted by atomic mass is 79.9. The zero-order chi connectivity index (χ0) is 12.4. The van der Waals surface area contributed by atoms with Gasteiger partial charge in [0.25, 0.3) is 5.91 Å². The predicted octanol–water partition coefficient (Wildman–Crippen LogP) is 3.00. The Balaban J connectivity index is 2.05. The van der Waals surface area contributed by atoms with E-state index in [1.54, 1.807) is 7.11 Å². The van der Waals surface area contributed by atoms with Gasteiger partial charge in [-0.1, -0.05) is 22.9 Å². The van der Waals surface area contributed by atoms with E-state index < -0.39 is 0 Å². The Morgan fingerprint density at radius 1 is 1.65 bits per heavy atom. The summed E-state index contributed by atoms with van der Waals surface area (Å²) >= 11 is 5.10. The zero-order valence-electron chi connectivity index (χ0n) is 9.98. The fraction of sp³-hybridized carbons (Fsp3) is 0.583. The number of thiophene rings is 1. The number of ether oxygens (including phenoxy) is 1. The van der Waals surface area contributed by atoms with Crippen LogP contribution in [0.3, 0.4) is 0 Å². The summed E-state index contributed by atoms with van der Waals surface area (Å²) in [6.45, 7) is 3.84. The second kappa shape index (κ2) is 5.40. The highest BCUT2D eigenvalue weighted by Crippen LogP contribution is 2.27. The summed E-state index contributed by atoms with van der Waals surface area (Å²) < 4.78 is 5.10. The molecule has 0 bridgehead atoms. The van der Waals surface area contributed by atoms with Gasteiger partial charge >= 0.3 is 0 Å². The van der Waals surface area contributed by atoms with Crippen molar-refractivity contribution in [2.75, 3.05) is 20.2 Å². The first kappa shape index (κ1) is 12.9. The molecule has 0 N–H and O–H groups in total. The van der Waals surface area contributed by atoms with Crippen LogP contribution in [0.25, 0.3) is 0 Å². The number of rotatable bonds is 2. The maximum absolute atomic E-state index is 12.2. The Kier molecular flexibility index (Phi) is 4.09. The maximum atomic E-state index is 12.2. The van der Waals surface area contributed by atoms with E-state index >= 15 is 0 Å². The van der Waals surface area contributed by atoms with Crippen molar-refractivity contribution in [3.05, 3.63) is 16.3 Å². The molecule has 1 saturated heterocycles. The summed E-state index contributed by atoms with van der Waals surface area (Å²) in [4.78, 5) is 15.5. The molecule has 0 aliphatic carbocycles. The van der Waals surface area contributed by atoms with Gasteiger partial charge in [-0.25, -0.2) is 0 Å². The molecule has 0 spiro atoms. The van der Waals surface area contributed by atoms with Crippen LogP contribution >= 0.6 is 27.3 Å². The lowest BCUT2D eigenvalue weighted by atomic mass is 10.00. The summed E-state index contributed by atoms with van der Waals surface area (Å²) in [5.74, 6) is 1.40. The number of halogens is 1. The highest BCUT2D eigenvalue weighted by molar-refractivity contribution is 9.09. The molecule has 0 radical (unpaired) electrons. The topological polar surface area (TPSA) is 29.5 Å². The van der Waals surface area contributed by atoms with Gasteiger partial charge in [0, 0.05) is 29.4 Å². The first-order chi connectivity index (χ1) is 8.11. The average Bonchev–Trinajstić information content (AvgIpc) is 2.80. The van der Waals surface area contributed by atoms with Crippen LogP contribution < -0.4 is 4.74 Å². The molecule has 3 nitrogen and oxygen atoms in total. The Bertz CT molecular complexity index is 407. The third-order valence-corrected chi connectivity index (χ3v) is 5.37. The van der Waals surface area contributed by atoms with Crippen molar-refractivity contribution in [1.29, 1.82) is 0 Å². The molecule has 2 heterocycles. The molecule has 94 valence electrons. The smallest absolute Gasteiger partial charge is 0.264 e. The van der Waals surface area contributed by atoms with E-state index in [4.69, 9.17) is 4.74 Å². The lowest BCUT2D eigenvalue weighted by molar-refractivity contribution is 0.0695. The molecular formula is C12H16BrNO2S. The molecule has 0 saturated carbocycles. The summed E-state index contributed by atoms with van der Waals surface area (Å²) in [5.41, 5.74) is 0. The summed E-state index contributed by atoms with van der Waals surface area (Å²) in [6, 6.07) is 1.82. The van der Waals surface area contributed by atoms with E-state index in [1.807, 2.05) is 16.3 Å². The largest absolute Gasteiger partial charge is 0.496 e. The van der Waals surface area contributed by atoms with E-state index in [0.717, 1.165) is 30.1 Å². The van der Waals surface area contributed by atoms with E-state index in [1.165, 1.54) is 11.3 Å². The number of amides is 1. The molecule has 5 heteroatoms. The standard InChI is InChI=1S/C12H16BrNO2S/c1-8-6-14(4-3-10(8)13)12(15)11-5-9(16-2)7-17-11/h5,7-8,10H,3-4,6H2,1-2H3. The minimum absolute atomic E-state index is 0.129. The number of carbonyl (C=O) groups excluding carboxylic acids is 1. The SMILES string of the molecule is COc1csc(C(=O)N2CCC(Br)C(C)C2)c1. The van der Waals surface area contributed by atoms with Crippen molar-refractivity contribution in [3.8, 4) is 5.75 Å². The second-order valence-corrected chi connectivity index (χ2v) is 6.47. The second-order valence-electron chi connectivity index (χ2n) is 4.38. The number of piperidine rings is 1. The lowest BCUT2D eigenvalue weighted by Crippen LogP contribution is -2.43. The highest BCUT2D eigenvalue weighted by Gasteiger charge is 2.28. The number of methoxy groups -OCH3 is 1. The first-order valence-corrected chi connectivity index (χ1v) is 7.47. The van der Waals surface area contributed by atoms with Crippen LogP contribution in [0.5, 0.6) is 5.75 Å². The van der Waals surface area contributed by atoms with Crippen LogP contribution in [-0.2, 0) is 0 Å². The molecule has 1 aromatic rings.